The number of amides is 1. The van der Waals surface area contributed by atoms with Gasteiger partial charge >= 0.3 is 0 Å². The van der Waals surface area contributed by atoms with Gasteiger partial charge in [-0.1, -0.05) is 29.8 Å². The maximum absolute atomic E-state index is 11.8. The molecule has 1 aliphatic rings. The largest absolute Gasteiger partial charge is 0.342 e. The summed E-state index contributed by atoms with van der Waals surface area (Å²) in [4.78, 5) is 13.8. The molecule has 3 heteroatoms. The van der Waals surface area contributed by atoms with Crippen molar-refractivity contribution in [2.24, 2.45) is 0 Å². The second kappa shape index (κ2) is 6.10. The van der Waals surface area contributed by atoms with Gasteiger partial charge in [0.1, 0.15) is 0 Å². The highest BCUT2D eigenvalue weighted by Crippen LogP contribution is 2.15. The molecule has 0 aromatic heterocycles. The number of benzene rings is 1. The monoisotopic (exact) mass is 249 g/mol. The van der Waals surface area contributed by atoms with Gasteiger partial charge in [0.15, 0.2) is 0 Å². The van der Waals surface area contributed by atoms with Crippen molar-refractivity contribution < 1.29 is 4.79 Å². The number of likely N-dealkylation sites (tertiary alicyclic amines) is 1. The second-order valence-electron chi connectivity index (χ2n) is 4.57. The molecule has 17 heavy (non-hydrogen) atoms. The van der Waals surface area contributed by atoms with E-state index in [-0.39, 0.29) is 0 Å². The zero-order valence-electron chi connectivity index (χ0n) is 10.3. The van der Waals surface area contributed by atoms with Crippen LogP contribution in [0.4, 0.5) is 0 Å². The first-order chi connectivity index (χ1) is 8.25. The molecule has 0 bridgehead atoms. The SMILES string of the molecule is Cc1cccc(CSCC(=O)N2CCCC2)c1. The Morgan fingerprint density at radius 3 is 2.82 bits per heavy atom. The van der Waals surface area contributed by atoms with Crippen LogP contribution in [0.1, 0.15) is 24.0 Å². The summed E-state index contributed by atoms with van der Waals surface area (Å²) in [7, 11) is 0. The van der Waals surface area contributed by atoms with Gasteiger partial charge in [-0.05, 0) is 25.3 Å². The Bertz CT molecular complexity index is 386. The number of aryl methyl sites for hydroxylation is 1. The fourth-order valence-electron chi connectivity index (χ4n) is 2.12. The average molecular weight is 249 g/mol. The average Bonchev–Trinajstić information content (AvgIpc) is 2.82. The number of nitrogens with zero attached hydrogens (tertiary/aromatic N) is 1. The van der Waals surface area contributed by atoms with Crippen molar-refractivity contribution in [3.8, 4) is 0 Å². The van der Waals surface area contributed by atoms with Crippen LogP contribution in [0.15, 0.2) is 24.3 Å². The summed E-state index contributed by atoms with van der Waals surface area (Å²) in [5, 5.41) is 0. The zero-order valence-corrected chi connectivity index (χ0v) is 11.1. The first kappa shape index (κ1) is 12.5. The maximum Gasteiger partial charge on any atom is 0.232 e. The highest BCUT2D eigenvalue weighted by Gasteiger charge is 2.17. The van der Waals surface area contributed by atoms with E-state index in [2.05, 4.69) is 31.2 Å². The Labute approximate surface area is 107 Å². The molecule has 0 spiro atoms. The lowest BCUT2D eigenvalue weighted by molar-refractivity contribution is -0.127. The Balaban J connectivity index is 1.73. The molecule has 0 unspecified atom stereocenters. The van der Waals surface area contributed by atoms with Crippen molar-refractivity contribution in [2.75, 3.05) is 18.8 Å². The molecule has 2 rings (SSSR count). The topological polar surface area (TPSA) is 20.3 Å². The van der Waals surface area contributed by atoms with Crippen molar-refractivity contribution in [3.05, 3.63) is 35.4 Å². The smallest absolute Gasteiger partial charge is 0.232 e. The van der Waals surface area contributed by atoms with Crippen LogP contribution >= 0.6 is 11.8 Å². The van der Waals surface area contributed by atoms with E-state index in [1.54, 1.807) is 11.8 Å². The molecule has 1 heterocycles. The summed E-state index contributed by atoms with van der Waals surface area (Å²) >= 11 is 1.72. The predicted molar refractivity (Wildman–Crippen MR) is 73.2 cm³/mol. The number of hydrogen-bond acceptors (Lipinski definition) is 2. The lowest BCUT2D eigenvalue weighted by Gasteiger charge is -2.14. The first-order valence-electron chi connectivity index (χ1n) is 6.17. The molecule has 1 saturated heterocycles. The van der Waals surface area contributed by atoms with Crippen molar-refractivity contribution in [2.45, 2.75) is 25.5 Å². The van der Waals surface area contributed by atoms with E-state index < -0.39 is 0 Å². The normalized spacial score (nSPS) is 15.2. The summed E-state index contributed by atoms with van der Waals surface area (Å²) in [6.45, 7) is 4.03. The molecule has 0 saturated carbocycles. The maximum atomic E-state index is 11.8. The van der Waals surface area contributed by atoms with Crippen LogP contribution in [0.3, 0.4) is 0 Å². The summed E-state index contributed by atoms with van der Waals surface area (Å²) in [6.07, 6.45) is 2.35. The van der Waals surface area contributed by atoms with Gasteiger partial charge in [-0.25, -0.2) is 0 Å². The van der Waals surface area contributed by atoms with Crippen LogP contribution in [-0.2, 0) is 10.5 Å². The number of carbonyl (C=O) groups is 1. The van der Waals surface area contributed by atoms with E-state index in [0.717, 1.165) is 18.8 Å². The fraction of sp³-hybridized carbons (Fsp3) is 0.500. The molecule has 1 fully saturated rings. The molecule has 0 radical (unpaired) electrons. The van der Waals surface area contributed by atoms with E-state index in [1.165, 1.54) is 24.0 Å². The van der Waals surface area contributed by atoms with Gasteiger partial charge < -0.3 is 4.90 Å². The third-order valence-corrected chi connectivity index (χ3v) is 4.02. The summed E-state index contributed by atoms with van der Waals surface area (Å²) < 4.78 is 0. The molecule has 1 aliphatic heterocycles. The highest BCUT2D eigenvalue weighted by molar-refractivity contribution is 7.99. The summed E-state index contributed by atoms with van der Waals surface area (Å²) in [5.74, 6) is 1.86. The third-order valence-electron chi connectivity index (χ3n) is 3.04. The molecule has 0 atom stereocenters. The zero-order chi connectivity index (χ0) is 12.1. The van der Waals surface area contributed by atoms with Gasteiger partial charge in [0, 0.05) is 18.8 Å². The van der Waals surface area contributed by atoms with E-state index in [1.807, 2.05) is 4.90 Å². The van der Waals surface area contributed by atoms with Gasteiger partial charge in [-0.2, -0.15) is 0 Å². The minimum atomic E-state index is 0.306. The Hall–Kier alpha value is -0.960. The summed E-state index contributed by atoms with van der Waals surface area (Å²) in [5.41, 5.74) is 2.60. The quantitative estimate of drug-likeness (QED) is 0.818. The van der Waals surface area contributed by atoms with E-state index >= 15 is 0 Å². The van der Waals surface area contributed by atoms with Crippen molar-refractivity contribution >= 4 is 17.7 Å². The molecule has 0 N–H and O–H groups in total. The Kier molecular flexibility index (Phi) is 4.49. The molecule has 1 aromatic carbocycles. The second-order valence-corrected chi connectivity index (χ2v) is 5.56. The number of carbonyl (C=O) groups excluding carboxylic acids is 1. The molecular formula is C14H19NOS. The predicted octanol–water partition coefficient (Wildman–Crippen LogP) is 2.85. The van der Waals surface area contributed by atoms with Crippen molar-refractivity contribution in [1.29, 1.82) is 0 Å². The summed E-state index contributed by atoms with van der Waals surface area (Å²) in [6, 6.07) is 8.49. The van der Waals surface area contributed by atoms with Crippen molar-refractivity contribution in [3.63, 3.8) is 0 Å². The molecule has 1 amide bonds. The molecule has 1 aromatic rings. The first-order valence-corrected chi connectivity index (χ1v) is 7.32. The van der Waals surface area contributed by atoms with Gasteiger partial charge in [0.25, 0.3) is 0 Å². The van der Waals surface area contributed by atoms with Gasteiger partial charge in [-0.3, -0.25) is 4.79 Å². The standard InChI is InChI=1S/C14H19NOS/c1-12-5-4-6-13(9-12)10-17-11-14(16)15-7-2-3-8-15/h4-6,9H,2-3,7-8,10-11H2,1H3. The lowest BCUT2D eigenvalue weighted by Crippen LogP contribution is -2.29. The van der Waals surface area contributed by atoms with Crippen LogP contribution in [0.5, 0.6) is 0 Å². The van der Waals surface area contributed by atoms with E-state index in [4.69, 9.17) is 0 Å². The Morgan fingerprint density at radius 1 is 1.35 bits per heavy atom. The number of rotatable bonds is 4. The van der Waals surface area contributed by atoms with Crippen LogP contribution in [-0.4, -0.2) is 29.6 Å². The number of thioether (sulfide) groups is 1. The van der Waals surface area contributed by atoms with E-state index in [9.17, 15) is 4.79 Å². The van der Waals surface area contributed by atoms with Gasteiger partial charge in [-0.15, -0.1) is 11.8 Å². The van der Waals surface area contributed by atoms with Crippen LogP contribution < -0.4 is 0 Å². The lowest BCUT2D eigenvalue weighted by atomic mass is 10.2. The Morgan fingerprint density at radius 2 is 2.12 bits per heavy atom. The molecular weight excluding hydrogens is 230 g/mol. The van der Waals surface area contributed by atoms with Gasteiger partial charge in [0.2, 0.25) is 5.91 Å². The number of hydrogen-bond donors (Lipinski definition) is 0. The van der Waals surface area contributed by atoms with E-state index in [0.29, 0.717) is 11.7 Å². The fourth-order valence-corrected chi connectivity index (χ4v) is 2.99. The van der Waals surface area contributed by atoms with Crippen LogP contribution in [0.2, 0.25) is 0 Å². The molecule has 92 valence electrons. The van der Waals surface area contributed by atoms with Crippen LogP contribution in [0, 0.1) is 6.92 Å². The third kappa shape index (κ3) is 3.77. The van der Waals surface area contributed by atoms with Crippen LogP contribution in [0.25, 0.3) is 0 Å². The van der Waals surface area contributed by atoms with Gasteiger partial charge in [0.05, 0.1) is 5.75 Å². The minimum absolute atomic E-state index is 0.306. The molecule has 2 nitrogen and oxygen atoms in total. The minimum Gasteiger partial charge on any atom is -0.342 e. The highest BCUT2D eigenvalue weighted by atomic mass is 32.2. The molecule has 0 aliphatic carbocycles. The van der Waals surface area contributed by atoms with Crippen molar-refractivity contribution in [1.82, 2.24) is 4.90 Å².